The van der Waals surface area contributed by atoms with Crippen molar-refractivity contribution in [2.45, 2.75) is 19.3 Å². The Labute approximate surface area is 140 Å². The second-order valence-corrected chi connectivity index (χ2v) is 6.47. The summed E-state index contributed by atoms with van der Waals surface area (Å²) in [6, 6.07) is 9.68. The Morgan fingerprint density at radius 3 is 2.42 bits per heavy atom. The highest BCUT2D eigenvalue weighted by Gasteiger charge is 2.36. The van der Waals surface area contributed by atoms with E-state index >= 15 is 0 Å². The molecule has 2 aliphatic rings. The fraction of sp³-hybridized carbons (Fsp3) is 0.389. The Bertz CT molecular complexity index is 693. The molecule has 24 heavy (non-hydrogen) atoms. The van der Waals surface area contributed by atoms with Crippen LogP contribution in [0.4, 0.5) is 4.79 Å². The second kappa shape index (κ2) is 6.57. The zero-order chi connectivity index (χ0) is 16.4. The van der Waals surface area contributed by atoms with Gasteiger partial charge in [-0.2, -0.15) is 0 Å². The van der Waals surface area contributed by atoms with Gasteiger partial charge in [-0.1, -0.05) is 36.8 Å². The summed E-state index contributed by atoms with van der Waals surface area (Å²) in [5.74, 6) is 2.39. The quantitative estimate of drug-likeness (QED) is 0.940. The van der Waals surface area contributed by atoms with Gasteiger partial charge in [-0.3, -0.25) is 5.43 Å². The number of ether oxygens (including phenoxy) is 1. The van der Waals surface area contributed by atoms with Crippen LogP contribution in [0.5, 0.6) is 5.75 Å². The molecule has 6 heteroatoms. The molecule has 1 aromatic carbocycles. The lowest BCUT2D eigenvalue weighted by Crippen LogP contribution is -2.42. The molecule has 124 valence electrons. The fourth-order valence-corrected chi connectivity index (χ4v) is 3.69. The Morgan fingerprint density at radius 2 is 1.75 bits per heavy atom. The van der Waals surface area contributed by atoms with Crippen LogP contribution in [0.3, 0.4) is 0 Å². The number of hydrazine groups is 1. The SMILES string of the molecule is O=C(NN1CC2CCCC2C1)Oc1cnc(-c2ccccc2)nc1. The van der Waals surface area contributed by atoms with Gasteiger partial charge in [0.25, 0.3) is 0 Å². The summed E-state index contributed by atoms with van der Waals surface area (Å²) >= 11 is 0. The Hall–Kier alpha value is -2.47. The molecule has 1 amide bonds. The van der Waals surface area contributed by atoms with E-state index in [1.54, 1.807) is 0 Å². The van der Waals surface area contributed by atoms with E-state index in [1.807, 2.05) is 35.3 Å². The number of carbonyl (C=O) groups is 1. The largest absolute Gasteiger partial charge is 0.427 e. The monoisotopic (exact) mass is 324 g/mol. The van der Waals surface area contributed by atoms with E-state index in [0.717, 1.165) is 30.5 Å². The number of benzene rings is 1. The minimum absolute atomic E-state index is 0.339. The van der Waals surface area contributed by atoms with Crippen LogP contribution >= 0.6 is 0 Å². The predicted molar refractivity (Wildman–Crippen MR) is 89.0 cm³/mol. The number of nitrogens with zero attached hydrogens (tertiary/aromatic N) is 3. The summed E-state index contributed by atoms with van der Waals surface area (Å²) in [6.07, 6.45) is 6.42. The first-order chi connectivity index (χ1) is 11.8. The Morgan fingerprint density at radius 1 is 1.08 bits per heavy atom. The van der Waals surface area contributed by atoms with Crippen molar-refractivity contribution in [1.29, 1.82) is 0 Å². The first-order valence-electron chi connectivity index (χ1n) is 8.39. The molecule has 1 saturated carbocycles. The molecule has 2 fully saturated rings. The molecule has 2 unspecified atom stereocenters. The highest BCUT2D eigenvalue weighted by atomic mass is 16.6. The molecule has 0 radical (unpaired) electrons. The van der Waals surface area contributed by atoms with Crippen molar-refractivity contribution >= 4 is 6.09 Å². The molecule has 1 N–H and O–H groups in total. The average Bonchev–Trinajstić information content (AvgIpc) is 3.17. The summed E-state index contributed by atoms with van der Waals surface area (Å²) in [5, 5.41) is 1.97. The zero-order valence-corrected chi connectivity index (χ0v) is 13.4. The van der Waals surface area contributed by atoms with Crippen molar-refractivity contribution in [3.8, 4) is 17.1 Å². The van der Waals surface area contributed by atoms with Crippen molar-refractivity contribution in [3.63, 3.8) is 0 Å². The lowest BCUT2D eigenvalue weighted by molar-refractivity contribution is 0.154. The summed E-state index contributed by atoms with van der Waals surface area (Å²) < 4.78 is 5.27. The van der Waals surface area contributed by atoms with E-state index in [4.69, 9.17) is 4.74 Å². The van der Waals surface area contributed by atoms with Crippen LogP contribution in [0.1, 0.15) is 19.3 Å². The number of amides is 1. The highest BCUT2D eigenvalue weighted by molar-refractivity contribution is 5.69. The minimum atomic E-state index is -0.481. The van der Waals surface area contributed by atoms with Crippen LogP contribution in [-0.4, -0.2) is 34.2 Å². The van der Waals surface area contributed by atoms with Crippen molar-refractivity contribution in [3.05, 3.63) is 42.7 Å². The van der Waals surface area contributed by atoms with Crippen LogP contribution < -0.4 is 10.2 Å². The second-order valence-electron chi connectivity index (χ2n) is 6.47. The molecule has 2 heterocycles. The third kappa shape index (κ3) is 3.23. The van der Waals surface area contributed by atoms with Gasteiger partial charge in [0.1, 0.15) is 0 Å². The highest BCUT2D eigenvalue weighted by Crippen LogP contribution is 2.36. The summed E-state index contributed by atoms with van der Waals surface area (Å²) in [5.41, 5.74) is 3.75. The first-order valence-corrected chi connectivity index (χ1v) is 8.39. The van der Waals surface area contributed by atoms with E-state index in [9.17, 15) is 4.79 Å². The zero-order valence-electron chi connectivity index (χ0n) is 13.4. The lowest BCUT2D eigenvalue weighted by Gasteiger charge is -2.17. The number of hydrogen-bond donors (Lipinski definition) is 1. The molecule has 2 aromatic rings. The maximum Gasteiger partial charge on any atom is 0.427 e. The van der Waals surface area contributed by atoms with Gasteiger partial charge in [0.05, 0.1) is 12.4 Å². The molecule has 6 nitrogen and oxygen atoms in total. The van der Waals surface area contributed by atoms with E-state index in [0.29, 0.717) is 11.6 Å². The number of hydrogen-bond acceptors (Lipinski definition) is 5. The molecule has 1 aliphatic carbocycles. The van der Waals surface area contributed by atoms with Crippen molar-refractivity contribution in [2.75, 3.05) is 13.1 Å². The van der Waals surface area contributed by atoms with Crippen LogP contribution in [-0.2, 0) is 0 Å². The molecule has 1 aromatic heterocycles. The minimum Gasteiger partial charge on any atom is -0.406 e. The summed E-state index contributed by atoms with van der Waals surface area (Å²) in [7, 11) is 0. The average molecular weight is 324 g/mol. The van der Waals surface area contributed by atoms with Gasteiger partial charge < -0.3 is 4.74 Å². The standard InChI is InChI=1S/C18H20N4O2/c23-18(21-22-11-14-7-4-8-15(14)12-22)24-16-9-19-17(20-10-16)13-5-2-1-3-6-13/h1-3,5-6,9-10,14-15H,4,7-8,11-12H2,(H,21,23). The van der Waals surface area contributed by atoms with Crippen molar-refractivity contribution in [1.82, 2.24) is 20.4 Å². The third-order valence-electron chi connectivity index (χ3n) is 4.85. The molecule has 1 aliphatic heterocycles. The molecular weight excluding hydrogens is 304 g/mol. The smallest absolute Gasteiger partial charge is 0.406 e. The topological polar surface area (TPSA) is 67.4 Å². The van der Waals surface area contributed by atoms with Crippen molar-refractivity contribution < 1.29 is 9.53 Å². The maximum atomic E-state index is 12.0. The van der Waals surface area contributed by atoms with Gasteiger partial charge in [-0.15, -0.1) is 0 Å². The van der Waals surface area contributed by atoms with Gasteiger partial charge in [-0.05, 0) is 24.7 Å². The first kappa shape index (κ1) is 15.1. The number of aromatic nitrogens is 2. The van der Waals surface area contributed by atoms with Crippen LogP contribution in [0.2, 0.25) is 0 Å². The molecule has 0 bridgehead atoms. The number of rotatable bonds is 3. The van der Waals surface area contributed by atoms with Gasteiger partial charge in [-0.25, -0.2) is 19.8 Å². The molecule has 2 atom stereocenters. The summed E-state index contributed by atoms with van der Waals surface area (Å²) in [4.78, 5) is 20.5. The van der Waals surface area contributed by atoms with E-state index in [-0.39, 0.29) is 0 Å². The van der Waals surface area contributed by atoms with Gasteiger partial charge in [0, 0.05) is 18.7 Å². The van der Waals surface area contributed by atoms with E-state index in [2.05, 4.69) is 15.4 Å². The van der Waals surface area contributed by atoms with E-state index < -0.39 is 6.09 Å². The fourth-order valence-electron chi connectivity index (χ4n) is 3.69. The van der Waals surface area contributed by atoms with Crippen molar-refractivity contribution in [2.24, 2.45) is 11.8 Å². The number of carbonyl (C=O) groups excluding carboxylic acids is 1. The van der Waals surface area contributed by atoms with Crippen LogP contribution in [0.15, 0.2) is 42.7 Å². The van der Waals surface area contributed by atoms with Gasteiger partial charge in [0.2, 0.25) is 0 Å². The number of fused-ring (bicyclic) bond motifs is 1. The molecule has 1 saturated heterocycles. The van der Waals surface area contributed by atoms with Crippen LogP contribution in [0, 0.1) is 11.8 Å². The lowest BCUT2D eigenvalue weighted by atomic mass is 10.0. The maximum absolute atomic E-state index is 12.0. The van der Waals surface area contributed by atoms with E-state index in [1.165, 1.54) is 31.7 Å². The molecular formula is C18H20N4O2. The third-order valence-corrected chi connectivity index (χ3v) is 4.85. The predicted octanol–water partition coefficient (Wildman–Crippen LogP) is 2.88. The van der Waals surface area contributed by atoms with Crippen LogP contribution in [0.25, 0.3) is 11.4 Å². The molecule has 0 spiro atoms. The Kier molecular flexibility index (Phi) is 4.13. The van der Waals surface area contributed by atoms with Gasteiger partial charge >= 0.3 is 6.09 Å². The Balaban J connectivity index is 1.33. The molecule has 4 rings (SSSR count). The van der Waals surface area contributed by atoms with Gasteiger partial charge in [0.15, 0.2) is 11.6 Å². The normalized spacial score (nSPS) is 23.0. The number of nitrogens with one attached hydrogen (secondary N) is 1. The summed E-state index contributed by atoms with van der Waals surface area (Å²) in [6.45, 7) is 1.84.